The number of hydrogen-bond donors (Lipinski definition) is 0. The second kappa shape index (κ2) is 10.8. The van der Waals surface area contributed by atoms with E-state index in [2.05, 4.69) is 4.90 Å². The lowest BCUT2D eigenvalue weighted by Crippen LogP contribution is -2.35. The molecule has 3 aromatic carbocycles. The van der Waals surface area contributed by atoms with Gasteiger partial charge in [0.05, 0.1) is 30.6 Å². The predicted octanol–water partition coefficient (Wildman–Crippen LogP) is 4.03. The quantitative estimate of drug-likeness (QED) is 0.494. The molecule has 7 nitrogen and oxygen atoms in total. The number of para-hydroxylation sites is 3. The summed E-state index contributed by atoms with van der Waals surface area (Å²) >= 11 is 0. The summed E-state index contributed by atoms with van der Waals surface area (Å²) in [7, 11) is -0.496. The number of carbonyl (C=O) groups is 1. The number of methoxy groups -OCH3 is 2. The molecule has 0 atom stereocenters. The van der Waals surface area contributed by atoms with E-state index in [4.69, 9.17) is 9.47 Å². The van der Waals surface area contributed by atoms with Gasteiger partial charge in [-0.3, -0.25) is 4.79 Å². The highest BCUT2D eigenvalue weighted by molar-refractivity contribution is 7.90. The highest BCUT2D eigenvalue weighted by atomic mass is 32.2. The molecule has 0 spiro atoms. The molecule has 1 aliphatic heterocycles. The van der Waals surface area contributed by atoms with E-state index in [0.29, 0.717) is 36.5 Å². The van der Waals surface area contributed by atoms with Crippen molar-refractivity contribution < 1.29 is 22.7 Å². The highest BCUT2D eigenvalue weighted by Crippen LogP contribution is 2.29. The first-order valence-corrected chi connectivity index (χ1v) is 13.2. The van der Waals surface area contributed by atoms with Crippen LogP contribution in [0.4, 0.5) is 5.69 Å². The van der Waals surface area contributed by atoms with Crippen LogP contribution in [0.25, 0.3) is 0 Å². The number of ether oxygens (including phenoxy) is 2. The first-order valence-electron chi connectivity index (χ1n) is 11.5. The summed E-state index contributed by atoms with van der Waals surface area (Å²) in [5, 5.41) is 0. The van der Waals surface area contributed by atoms with E-state index in [0.717, 1.165) is 24.4 Å². The van der Waals surface area contributed by atoms with Gasteiger partial charge < -0.3 is 19.3 Å². The number of nitrogens with zero attached hydrogens (tertiary/aromatic N) is 2. The fourth-order valence-corrected chi connectivity index (χ4v) is 5.77. The Kier molecular flexibility index (Phi) is 7.60. The largest absolute Gasteiger partial charge is 0.496 e. The summed E-state index contributed by atoms with van der Waals surface area (Å²) in [4.78, 5) is 17.5. The van der Waals surface area contributed by atoms with E-state index < -0.39 is 9.84 Å². The Morgan fingerprint density at radius 1 is 0.829 bits per heavy atom. The Labute approximate surface area is 206 Å². The number of sulfone groups is 1. The second-order valence-electron chi connectivity index (χ2n) is 8.40. The van der Waals surface area contributed by atoms with Crippen LogP contribution in [0.15, 0.2) is 77.7 Å². The number of carbonyl (C=O) groups excluding carboxylic acids is 1. The van der Waals surface area contributed by atoms with Crippen LogP contribution in [0, 0.1) is 0 Å². The summed E-state index contributed by atoms with van der Waals surface area (Å²) in [6.45, 7) is 2.60. The van der Waals surface area contributed by atoms with Crippen molar-refractivity contribution >= 4 is 21.4 Å². The van der Waals surface area contributed by atoms with E-state index in [1.54, 1.807) is 48.4 Å². The van der Waals surface area contributed by atoms with Crippen molar-refractivity contribution in [2.24, 2.45) is 0 Å². The smallest absolute Gasteiger partial charge is 0.253 e. The lowest BCUT2D eigenvalue weighted by molar-refractivity contribution is 0.0766. The minimum Gasteiger partial charge on any atom is -0.496 e. The molecule has 0 aliphatic carbocycles. The van der Waals surface area contributed by atoms with Gasteiger partial charge in [-0.25, -0.2) is 8.42 Å². The van der Waals surface area contributed by atoms with Gasteiger partial charge in [-0.15, -0.1) is 0 Å². The maximum atomic E-state index is 13.3. The third-order valence-corrected chi connectivity index (χ3v) is 7.85. The molecular weight excluding hydrogens is 464 g/mol. The van der Waals surface area contributed by atoms with Crippen LogP contribution in [-0.2, 0) is 15.6 Å². The van der Waals surface area contributed by atoms with Crippen molar-refractivity contribution in [2.45, 2.75) is 17.1 Å². The Morgan fingerprint density at radius 2 is 1.54 bits per heavy atom. The summed E-state index contributed by atoms with van der Waals surface area (Å²) < 4.78 is 37.1. The monoisotopic (exact) mass is 494 g/mol. The molecule has 4 rings (SSSR count). The molecule has 0 unspecified atom stereocenters. The fourth-order valence-electron chi connectivity index (χ4n) is 4.37. The molecule has 0 bridgehead atoms. The second-order valence-corrected chi connectivity index (χ2v) is 10.4. The summed E-state index contributed by atoms with van der Waals surface area (Å²) in [5.74, 6) is 0.959. The van der Waals surface area contributed by atoms with Crippen LogP contribution in [0.1, 0.15) is 22.3 Å². The van der Waals surface area contributed by atoms with Gasteiger partial charge in [-0.05, 0) is 42.8 Å². The van der Waals surface area contributed by atoms with Crippen LogP contribution in [0.5, 0.6) is 11.5 Å². The molecule has 0 N–H and O–H groups in total. The van der Waals surface area contributed by atoms with Gasteiger partial charge >= 0.3 is 0 Å². The van der Waals surface area contributed by atoms with Gasteiger partial charge in [0, 0.05) is 37.3 Å². The summed E-state index contributed by atoms with van der Waals surface area (Å²) in [5.41, 5.74) is 1.96. The number of rotatable bonds is 7. The zero-order valence-electron chi connectivity index (χ0n) is 20.0. The molecule has 1 heterocycles. The standard InChI is InChI=1S/C27H30N2O5S/c1-33-25-13-5-3-9-22(25)20-35(31,32)23-11-7-10-21(19-23)27(30)29-16-8-15-28(17-18-29)24-12-4-6-14-26(24)34-2/h3-7,9-14,19H,8,15-18,20H2,1-2H3. The van der Waals surface area contributed by atoms with Crippen LogP contribution < -0.4 is 14.4 Å². The Bertz CT molecular complexity index is 1290. The van der Waals surface area contributed by atoms with Gasteiger partial charge in [-0.1, -0.05) is 36.4 Å². The molecule has 184 valence electrons. The molecule has 3 aromatic rings. The van der Waals surface area contributed by atoms with Crippen molar-refractivity contribution in [2.75, 3.05) is 45.3 Å². The molecule has 1 amide bonds. The van der Waals surface area contributed by atoms with Crippen LogP contribution >= 0.6 is 0 Å². The van der Waals surface area contributed by atoms with Crippen LogP contribution in [0.3, 0.4) is 0 Å². The van der Waals surface area contributed by atoms with Crippen LogP contribution in [0.2, 0.25) is 0 Å². The lowest BCUT2D eigenvalue weighted by atomic mass is 10.2. The SMILES string of the molecule is COc1ccccc1CS(=O)(=O)c1cccc(C(=O)N2CCCN(c3ccccc3OC)CC2)c1. The van der Waals surface area contributed by atoms with Crippen LogP contribution in [-0.4, -0.2) is 59.6 Å². The Morgan fingerprint density at radius 3 is 2.31 bits per heavy atom. The number of amides is 1. The van der Waals surface area contributed by atoms with E-state index >= 15 is 0 Å². The normalized spacial score (nSPS) is 14.3. The number of hydrogen-bond acceptors (Lipinski definition) is 6. The highest BCUT2D eigenvalue weighted by Gasteiger charge is 2.24. The Hall–Kier alpha value is -3.52. The van der Waals surface area contributed by atoms with Gasteiger partial charge in [0.1, 0.15) is 11.5 Å². The van der Waals surface area contributed by atoms with E-state index in [1.807, 2.05) is 24.3 Å². The number of benzene rings is 3. The van der Waals surface area contributed by atoms with E-state index in [9.17, 15) is 13.2 Å². The van der Waals surface area contributed by atoms with Gasteiger partial charge in [-0.2, -0.15) is 0 Å². The topological polar surface area (TPSA) is 76.2 Å². The fraction of sp³-hybridized carbons (Fsp3) is 0.296. The van der Waals surface area contributed by atoms with Gasteiger partial charge in [0.2, 0.25) is 0 Å². The first-order chi connectivity index (χ1) is 16.9. The average molecular weight is 495 g/mol. The molecule has 1 saturated heterocycles. The molecular formula is C27H30N2O5S. The van der Waals surface area contributed by atoms with Crippen molar-refractivity contribution in [1.82, 2.24) is 4.90 Å². The van der Waals surface area contributed by atoms with Crippen molar-refractivity contribution in [1.29, 1.82) is 0 Å². The molecule has 0 radical (unpaired) electrons. The lowest BCUT2D eigenvalue weighted by Gasteiger charge is -2.25. The molecule has 35 heavy (non-hydrogen) atoms. The third kappa shape index (κ3) is 5.59. The van der Waals surface area contributed by atoms with Gasteiger partial charge in [0.15, 0.2) is 9.84 Å². The molecule has 1 fully saturated rings. The van der Waals surface area contributed by atoms with E-state index in [1.165, 1.54) is 19.2 Å². The predicted molar refractivity (Wildman–Crippen MR) is 136 cm³/mol. The molecule has 8 heteroatoms. The first kappa shape index (κ1) is 24.6. The minimum atomic E-state index is -3.67. The van der Waals surface area contributed by atoms with Crippen molar-refractivity contribution in [3.8, 4) is 11.5 Å². The summed E-state index contributed by atoms with van der Waals surface area (Å²) in [6, 6.07) is 21.2. The summed E-state index contributed by atoms with van der Waals surface area (Å²) in [6.07, 6.45) is 0.801. The number of anilines is 1. The zero-order valence-corrected chi connectivity index (χ0v) is 20.8. The maximum absolute atomic E-state index is 13.3. The zero-order chi connectivity index (χ0) is 24.8. The third-order valence-electron chi connectivity index (χ3n) is 6.19. The maximum Gasteiger partial charge on any atom is 0.253 e. The van der Waals surface area contributed by atoms with E-state index in [-0.39, 0.29) is 16.6 Å². The molecule has 0 aromatic heterocycles. The minimum absolute atomic E-state index is 0.125. The average Bonchev–Trinajstić information content (AvgIpc) is 3.15. The Balaban J connectivity index is 1.50. The van der Waals surface area contributed by atoms with Crippen molar-refractivity contribution in [3.63, 3.8) is 0 Å². The van der Waals surface area contributed by atoms with Crippen molar-refractivity contribution in [3.05, 3.63) is 83.9 Å². The van der Waals surface area contributed by atoms with Gasteiger partial charge in [0.25, 0.3) is 5.91 Å². The molecule has 1 aliphatic rings. The molecule has 0 saturated carbocycles.